The maximum atomic E-state index is 12.6. The van der Waals surface area contributed by atoms with Gasteiger partial charge in [-0.3, -0.25) is 4.79 Å². The molecule has 0 bridgehead atoms. The predicted octanol–water partition coefficient (Wildman–Crippen LogP) is 2.88. The fraction of sp³-hybridized carbons (Fsp3) is 0.278. The molecule has 0 fully saturated rings. The average molecular weight is 396 g/mol. The summed E-state index contributed by atoms with van der Waals surface area (Å²) in [6.45, 7) is 1.56. The molecule has 0 aliphatic heterocycles. The molecule has 0 unspecified atom stereocenters. The second-order valence-electron chi connectivity index (χ2n) is 6.06. The standard InChI is InChI=1S/C18H22ClN3O3S/c1-13(23)21-14-8-10-15(11-9-14)26(24,25)20-12-18(22(2)3)16-6-4-5-7-17(16)19/h4-11,18,20H,12H2,1-3H3,(H,21,23)/t18-/m1/s1. The van der Waals surface area contributed by atoms with E-state index in [0.717, 1.165) is 5.56 Å². The lowest BCUT2D eigenvalue weighted by molar-refractivity contribution is -0.114. The number of carbonyl (C=O) groups is 1. The van der Waals surface area contributed by atoms with Gasteiger partial charge in [0.15, 0.2) is 0 Å². The van der Waals surface area contributed by atoms with Crippen LogP contribution in [-0.2, 0) is 14.8 Å². The predicted molar refractivity (Wildman–Crippen MR) is 104 cm³/mol. The largest absolute Gasteiger partial charge is 0.326 e. The van der Waals surface area contributed by atoms with Crippen molar-refractivity contribution < 1.29 is 13.2 Å². The van der Waals surface area contributed by atoms with Crippen LogP contribution in [0.25, 0.3) is 0 Å². The van der Waals surface area contributed by atoms with Crippen molar-refractivity contribution in [1.82, 2.24) is 9.62 Å². The molecule has 0 aliphatic carbocycles. The summed E-state index contributed by atoms with van der Waals surface area (Å²) in [6.07, 6.45) is 0. The minimum atomic E-state index is -3.69. The smallest absolute Gasteiger partial charge is 0.240 e. The van der Waals surface area contributed by atoms with Crippen molar-refractivity contribution in [2.24, 2.45) is 0 Å². The Balaban J connectivity index is 2.15. The molecule has 8 heteroatoms. The average Bonchev–Trinajstić information content (AvgIpc) is 2.56. The molecule has 26 heavy (non-hydrogen) atoms. The van der Waals surface area contributed by atoms with Gasteiger partial charge in [0.05, 0.1) is 4.90 Å². The van der Waals surface area contributed by atoms with Crippen molar-refractivity contribution in [3.8, 4) is 0 Å². The molecule has 2 aromatic carbocycles. The number of sulfonamides is 1. The maximum Gasteiger partial charge on any atom is 0.240 e. The fourth-order valence-corrected chi connectivity index (χ4v) is 3.81. The Morgan fingerprint density at radius 1 is 1.12 bits per heavy atom. The van der Waals surface area contributed by atoms with Crippen LogP contribution in [0, 0.1) is 0 Å². The molecule has 140 valence electrons. The second kappa shape index (κ2) is 8.64. The maximum absolute atomic E-state index is 12.6. The Kier molecular flexibility index (Phi) is 6.77. The van der Waals surface area contributed by atoms with E-state index in [1.807, 2.05) is 37.2 Å². The monoisotopic (exact) mass is 395 g/mol. The number of rotatable bonds is 7. The second-order valence-corrected chi connectivity index (χ2v) is 8.23. The van der Waals surface area contributed by atoms with E-state index in [1.165, 1.54) is 19.1 Å². The first-order chi connectivity index (χ1) is 12.2. The molecular weight excluding hydrogens is 374 g/mol. The first-order valence-corrected chi connectivity index (χ1v) is 9.85. The lowest BCUT2D eigenvalue weighted by Gasteiger charge is -2.26. The van der Waals surface area contributed by atoms with Gasteiger partial charge in [-0.1, -0.05) is 29.8 Å². The Hall–Kier alpha value is -1.93. The lowest BCUT2D eigenvalue weighted by atomic mass is 10.1. The summed E-state index contributed by atoms with van der Waals surface area (Å²) in [5.41, 5.74) is 1.39. The number of nitrogens with zero attached hydrogens (tertiary/aromatic N) is 1. The molecule has 0 saturated heterocycles. The number of halogens is 1. The Labute approximate surface area is 159 Å². The lowest BCUT2D eigenvalue weighted by Crippen LogP contribution is -2.34. The fourth-order valence-electron chi connectivity index (χ4n) is 2.51. The van der Waals surface area contributed by atoms with Crippen LogP contribution in [0.4, 0.5) is 5.69 Å². The number of benzene rings is 2. The minimum Gasteiger partial charge on any atom is -0.326 e. The number of amides is 1. The van der Waals surface area contributed by atoms with Gasteiger partial charge in [-0.25, -0.2) is 13.1 Å². The van der Waals surface area contributed by atoms with Crippen molar-refractivity contribution in [3.63, 3.8) is 0 Å². The van der Waals surface area contributed by atoms with Crippen LogP contribution in [0.2, 0.25) is 5.02 Å². The highest BCUT2D eigenvalue weighted by Crippen LogP contribution is 2.26. The van der Waals surface area contributed by atoms with Crippen LogP contribution < -0.4 is 10.0 Å². The van der Waals surface area contributed by atoms with Gasteiger partial charge in [-0.2, -0.15) is 0 Å². The van der Waals surface area contributed by atoms with Crippen LogP contribution in [0.5, 0.6) is 0 Å². The summed E-state index contributed by atoms with van der Waals surface area (Å²) in [5.74, 6) is -0.215. The van der Waals surface area contributed by atoms with E-state index in [0.29, 0.717) is 10.7 Å². The summed E-state index contributed by atoms with van der Waals surface area (Å²) in [6, 6.07) is 13.2. The highest BCUT2D eigenvalue weighted by molar-refractivity contribution is 7.89. The zero-order valence-electron chi connectivity index (χ0n) is 14.9. The molecule has 1 atom stereocenters. The van der Waals surface area contributed by atoms with Crippen LogP contribution in [-0.4, -0.2) is 39.9 Å². The third kappa shape index (κ3) is 5.28. The van der Waals surface area contributed by atoms with Crippen molar-refractivity contribution in [2.75, 3.05) is 26.0 Å². The summed E-state index contributed by atoms with van der Waals surface area (Å²) in [4.78, 5) is 13.1. The van der Waals surface area contributed by atoms with Crippen molar-refractivity contribution >= 4 is 33.2 Å². The third-order valence-electron chi connectivity index (χ3n) is 3.84. The van der Waals surface area contributed by atoms with Crippen LogP contribution in [0.3, 0.4) is 0 Å². The molecule has 0 aliphatic rings. The molecule has 2 N–H and O–H groups in total. The summed E-state index contributed by atoms with van der Waals surface area (Å²) in [5, 5.41) is 3.19. The van der Waals surface area contributed by atoms with E-state index in [-0.39, 0.29) is 23.4 Å². The SMILES string of the molecule is CC(=O)Nc1ccc(S(=O)(=O)NC[C@H](c2ccccc2Cl)N(C)C)cc1. The van der Waals surface area contributed by atoms with Gasteiger partial charge >= 0.3 is 0 Å². The zero-order chi connectivity index (χ0) is 19.3. The van der Waals surface area contributed by atoms with Crippen LogP contribution in [0.1, 0.15) is 18.5 Å². The topological polar surface area (TPSA) is 78.5 Å². The number of nitrogens with one attached hydrogen (secondary N) is 2. The first-order valence-electron chi connectivity index (χ1n) is 7.99. The van der Waals surface area contributed by atoms with Gasteiger partial charge in [-0.15, -0.1) is 0 Å². The molecule has 0 aromatic heterocycles. The van der Waals surface area contributed by atoms with Gasteiger partial charge < -0.3 is 10.2 Å². The highest BCUT2D eigenvalue weighted by Gasteiger charge is 2.21. The molecular formula is C18H22ClN3O3S. The van der Waals surface area contributed by atoms with Gasteiger partial charge in [-0.05, 0) is 50.0 Å². The minimum absolute atomic E-state index is 0.128. The first kappa shape index (κ1) is 20.4. The van der Waals surface area contributed by atoms with Crippen molar-refractivity contribution in [1.29, 1.82) is 0 Å². The zero-order valence-corrected chi connectivity index (χ0v) is 16.4. The molecule has 0 spiro atoms. The summed E-state index contributed by atoms with van der Waals surface area (Å²) < 4.78 is 27.7. The highest BCUT2D eigenvalue weighted by atomic mass is 35.5. The number of hydrogen-bond donors (Lipinski definition) is 2. The van der Waals surface area contributed by atoms with E-state index in [1.54, 1.807) is 18.2 Å². The number of likely N-dealkylation sites (N-methyl/N-ethyl adjacent to an activating group) is 1. The molecule has 0 saturated carbocycles. The van der Waals surface area contributed by atoms with Crippen molar-refractivity contribution in [3.05, 3.63) is 59.1 Å². The molecule has 0 radical (unpaired) electrons. The molecule has 0 heterocycles. The quantitative estimate of drug-likeness (QED) is 0.755. The Bertz CT molecular complexity index is 868. The van der Waals surface area contributed by atoms with Gasteiger partial charge in [0, 0.05) is 30.2 Å². The Morgan fingerprint density at radius 3 is 2.27 bits per heavy atom. The number of hydrogen-bond acceptors (Lipinski definition) is 4. The van der Waals surface area contributed by atoms with Gasteiger partial charge in [0.1, 0.15) is 0 Å². The van der Waals surface area contributed by atoms with E-state index >= 15 is 0 Å². The van der Waals surface area contributed by atoms with Gasteiger partial charge in [0.2, 0.25) is 15.9 Å². The van der Waals surface area contributed by atoms with E-state index in [2.05, 4.69) is 10.0 Å². The molecule has 1 amide bonds. The van der Waals surface area contributed by atoms with Crippen LogP contribution in [0.15, 0.2) is 53.4 Å². The van der Waals surface area contributed by atoms with Crippen molar-refractivity contribution in [2.45, 2.75) is 17.9 Å². The molecule has 2 rings (SSSR count). The summed E-state index contributed by atoms with van der Waals surface area (Å²) in [7, 11) is 0.0438. The molecule has 2 aromatic rings. The van der Waals surface area contributed by atoms with E-state index < -0.39 is 10.0 Å². The number of carbonyl (C=O) groups excluding carboxylic acids is 1. The van der Waals surface area contributed by atoms with Gasteiger partial charge in [0.25, 0.3) is 0 Å². The number of anilines is 1. The Morgan fingerprint density at radius 2 is 1.73 bits per heavy atom. The third-order valence-corrected chi connectivity index (χ3v) is 5.62. The molecule has 6 nitrogen and oxygen atoms in total. The van der Waals surface area contributed by atoms with E-state index in [9.17, 15) is 13.2 Å². The normalized spacial score (nSPS) is 12.8. The van der Waals surface area contributed by atoms with E-state index in [4.69, 9.17) is 11.6 Å². The van der Waals surface area contributed by atoms with Crippen LogP contribution >= 0.6 is 11.6 Å². The summed E-state index contributed by atoms with van der Waals surface area (Å²) >= 11 is 6.25.